The van der Waals surface area contributed by atoms with Crippen molar-refractivity contribution >= 4 is 15.9 Å². The van der Waals surface area contributed by atoms with Crippen molar-refractivity contribution in [3.05, 3.63) is 0 Å². The molecule has 0 spiro atoms. The molecule has 0 aromatic rings. The Labute approximate surface area is 84.3 Å². The van der Waals surface area contributed by atoms with E-state index in [0.29, 0.717) is 6.42 Å². The smallest absolute Gasteiger partial charge is 0.237 e. The maximum Gasteiger partial charge on any atom is 0.237 e. The molecule has 5 nitrogen and oxygen atoms in total. The van der Waals surface area contributed by atoms with Crippen molar-refractivity contribution in [3.8, 4) is 0 Å². The summed E-state index contributed by atoms with van der Waals surface area (Å²) in [4.78, 5) is 11.2. The fourth-order valence-corrected chi connectivity index (χ4v) is 1.71. The molecule has 82 valence electrons. The van der Waals surface area contributed by atoms with Crippen LogP contribution in [0.15, 0.2) is 0 Å². The first-order valence-corrected chi connectivity index (χ1v) is 6.21. The van der Waals surface area contributed by atoms with Gasteiger partial charge >= 0.3 is 0 Å². The fraction of sp³-hybridized carbons (Fsp3) is 0.875. The first-order valence-electron chi connectivity index (χ1n) is 4.67. The van der Waals surface area contributed by atoms with Gasteiger partial charge in [0.15, 0.2) is 0 Å². The van der Waals surface area contributed by atoms with Crippen LogP contribution in [-0.2, 0) is 14.8 Å². The zero-order valence-electron chi connectivity index (χ0n) is 8.41. The Balaban J connectivity index is 2.39. The Kier molecular flexibility index (Phi) is 3.49. The highest BCUT2D eigenvalue weighted by Crippen LogP contribution is 2.08. The quantitative estimate of drug-likeness (QED) is 0.666. The average Bonchev–Trinajstić information content (AvgIpc) is 1.96. The zero-order chi connectivity index (χ0) is 10.8. The topological polar surface area (TPSA) is 75.3 Å². The summed E-state index contributed by atoms with van der Waals surface area (Å²) >= 11 is 0. The molecule has 2 N–H and O–H groups in total. The molecule has 1 heterocycles. The van der Waals surface area contributed by atoms with Crippen LogP contribution in [0.2, 0.25) is 0 Å². The molecule has 0 unspecified atom stereocenters. The molecule has 1 fully saturated rings. The molecular formula is C8H16N2O3S. The number of carbonyl (C=O) groups is 1. The molecule has 1 aliphatic rings. The largest absolute Gasteiger partial charge is 0.316 e. The van der Waals surface area contributed by atoms with E-state index in [1.165, 1.54) is 0 Å². The molecule has 1 rings (SSSR count). The standard InChI is InChI=1S/C8H16N2O3S/c1-6(2)14(12,13)10-8(11)3-7-4-9-5-7/h6-7,9H,3-5H2,1-2H3,(H,10,11). The maximum absolute atomic E-state index is 11.3. The first-order chi connectivity index (χ1) is 6.42. The van der Waals surface area contributed by atoms with Crippen LogP contribution >= 0.6 is 0 Å². The normalized spacial score (nSPS) is 17.9. The van der Waals surface area contributed by atoms with E-state index in [-0.39, 0.29) is 5.92 Å². The van der Waals surface area contributed by atoms with Crippen molar-refractivity contribution in [3.63, 3.8) is 0 Å². The van der Waals surface area contributed by atoms with Crippen LogP contribution in [0.5, 0.6) is 0 Å². The predicted molar refractivity (Wildman–Crippen MR) is 53.2 cm³/mol. The minimum Gasteiger partial charge on any atom is -0.316 e. The van der Waals surface area contributed by atoms with Gasteiger partial charge in [0.2, 0.25) is 15.9 Å². The second kappa shape index (κ2) is 4.27. The lowest BCUT2D eigenvalue weighted by molar-refractivity contribution is -0.120. The zero-order valence-corrected chi connectivity index (χ0v) is 9.23. The van der Waals surface area contributed by atoms with Crippen molar-refractivity contribution in [1.29, 1.82) is 0 Å². The molecule has 6 heteroatoms. The molecule has 14 heavy (non-hydrogen) atoms. The summed E-state index contributed by atoms with van der Waals surface area (Å²) in [7, 11) is -3.45. The lowest BCUT2D eigenvalue weighted by Crippen LogP contribution is -2.45. The summed E-state index contributed by atoms with van der Waals surface area (Å²) in [5.41, 5.74) is 0. The molecule has 1 saturated heterocycles. The van der Waals surface area contributed by atoms with Crippen LogP contribution in [0.3, 0.4) is 0 Å². The van der Waals surface area contributed by atoms with Crippen molar-refractivity contribution < 1.29 is 13.2 Å². The number of rotatable bonds is 4. The number of nitrogens with one attached hydrogen (secondary N) is 2. The molecule has 1 amide bonds. The first kappa shape index (κ1) is 11.5. The van der Waals surface area contributed by atoms with Gasteiger partial charge in [-0.05, 0) is 32.9 Å². The Morgan fingerprint density at radius 2 is 2.07 bits per heavy atom. The van der Waals surface area contributed by atoms with Crippen molar-refractivity contribution in [2.45, 2.75) is 25.5 Å². The maximum atomic E-state index is 11.3. The monoisotopic (exact) mass is 220 g/mol. The van der Waals surface area contributed by atoms with Gasteiger partial charge in [-0.25, -0.2) is 8.42 Å². The molecular weight excluding hydrogens is 204 g/mol. The molecule has 0 radical (unpaired) electrons. The lowest BCUT2D eigenvalue weighted by Gasteiger charge is -2.26. The van der Waals surface area contributed by atoms with Gasteiger partial charge in [-0.3, -0.25) is 9.52 Å². The van der Waals surface area contributed by atoms with E-state index in [2.05, 4.69) is 10.0 Å². The predicted octanol–water partition coefficient (Wildman–Crippen LogP) is -0.550. The molecule has 0 bridgehead atoms. The van der Waals surface area contributed by atoms with Gasteiger partial charge in [-0.1, -0.05) is 0 Å². The number of hydrogen-bond acceptors (Lipinski definition) is 4. The Morgan fingerprint density at radius 1 is 1.50 bits per heavy atom. The Hall–Kier alpha value is -0.620. The summed E-state index contributed by atoms with van der Waals surface area (Å²) in [6, 6.07) is 0. The van der Waals surface area contributed by atoms with Gasteiger partial charge in [-0.15, -0.1) is 0 Å². The molecule has 0 atom stereocenters. The van der Waals surface area contributed by atoms with E-state index in [1.54, 1.807) is 13.8 Å². The second-order valence-electron chi connectivity index (χ2n) is 3.85. The van der Waals surface area contributed by atoms with Gasteiger partial charge < -0.3 is 5.32 Å². The highest BCUT2D eigenvalue weighted by Gasteiger charge is 2.24. The summed E-state index contributed by atoms with van der Waals surface area (Å²) in [5.74, 6) is -0.109. The number of amides is 1. The number of hydrogen-bond donors (Lipinski definition) is 2. The summed E-state index contributed by atoms with van der Waals surface area (Å²) in [6.07, 6.45) is 0.291. The highest BCUT2D eigenvalue weighted by atomic mass is 32.2. The van der Waals surface area contributed by atoms with Crippen LogP contribution in [0.4, 0.5) is 0 Å². The second-order valence-corrected chi connectivity index (χ2v) is 6.08. The highest BCUT2D eigenvalue weighted by molar-refractivity contribution is 7.90. The van der Waals surface area contributed by atoms with Gasteiger partial charge in [-0.2, -0.15) is 0 Å². The Bertz CT molecular complexity index is 307. The molecule has 0 aromatic carbocycles. The lowest BCUT2D eigenvalue weighted by atomic mass is 9.99. The van der Waals surface area contributed by atoms with Gasteiger partial charge in [0.25, 0.3) is 0 Å². The van der Waals surface area contributed by atoms with Crippen LogP contribution in [-0.4, -0.2) is 32.7 Å². The van der Waals surface area contributed by atoms with Crippen LogP contribution in [0, 0.1) is 5.92 Å². The summed E-state index contributed by atoms with van der Waals surface area (Å²) < 4.78 is 24.6. The van der Waals surface area contributed by atoms with E-state index in [9.17, 15) is 13.2 Å². The molecule has 0 aliphatic carbocycles. The van der Waals surface area contributed by atoms with Crippen LogP contribution in [0.25, 0.3) is 0 Å². The summed E-state index contributed by atoms with van der Waals surface area (Å²) in [6.45, 7) is 4.69. The average molecular weight is 220 g/mol. The minimum absolute atomic E-state index is 0.289. The fourth-order valence-electron chi connectivity index (χ4n) is 1.07. The van der Waals surface area contributed by atoms with E-state index >= 15 is 0 Å². The van der Waals surface area contributed by atoms with Gasteiger partial charge in [0, 0.05) is 6.42 Å². The third-order valence-corrected chi connectivity index (χ3v) is 3.97. The van der Waals surface area contributed by atoms with E-state index in [0.717, 1.165) is 13.1 Å². The van der Waals surface area contributed by atoms with Gasteiger partial charge in [0.05, 0.1) is 5.25 Å². The van der Waals surface area contributed by atoms with Crippen LogP contribution in [0.1, 0.15) is 20.3 Å². The third kappa shape index (κ3) is 2.95. The van der Waals surface area contributed by atoms with Crippen molar-refractivity contribution in [2.24, 2.45) is 5.92 Å². The van der Waals surface area contributed by atoms with E-state index in [4.69, 9.17) is 0 Å². The number of sulfonamides is 1. The van der Waals surface area contributed by atoms with Gasteiger partial charge in [0.1, 0.15) is 0 Å². The third-order valence-electron chi connectivity index (χ3n) is 2.22. The van der Waals surface area contributed by atoms with Crippen molar-refractivity contribution in [1.82, 2.24) is 10.0 Å². The van der Waals surface area contributed by atoms with E-state index < -0.39 is 21.2 Å². The minimum atomic E-state index is -3.45. The van der Waals surface area contributed by atoms with Crippen molar-refractivity contribution in [2.75, 3.05) is 13.1 Å². The molecule has 0 saturated carbocycles. The molecule has 0 aromatic heterocycles. The Morgan fingerprint density at radius 3 is 2.43 bits per heavy atom. The van der Waals surface area contributed by atoms with E-state index in [1.807, 2.05) is 0 Å². The molecule has 1 aliphatic heterocycles. The van der Waals surface area contributed by atoms with Crippen LogP contribution < -0.4 is 10.0 Å². The SMILES string of the molecule is CC(C)S(=O)(=O)NC(=O)CC1CNC1. The summed E-state index contributed by atoms with van der Waals surface area (Å²) in [5, 5.41) is 2.46. The number of carbonyl (C=O) groups excluding carboxylic acids is 1.